The molecule has 1 unspecified atom stereocenters. The second-order valence-corrected chi connectivity index (χ2v) is 4.31. The van der Waals surface area contributed by atoms with Gasteiger partial charge < -0.3 is 4.74 Å². The summed E-state index contributed by atoms with van der Waals surface area (Å²) in [6.07, 6.45) is 0.0776. The molecule has 1 saturated carbocycles. The Kier molecular flexibility index (Phi) is 2.47. The van der Waals surface area contributed by atoms with Gasteiger partial charge in [-0.2, -0.15) is 0 Å². The molecule has 0 aromatic rings. The number of carbonyl (C=O) groups excluding carboxylic acids is 1. The Morgan fingerprint density at radius 2 is 2.18 bits per heavy atom. The largest absolute Gasteiger partial charge is 0.371 e. The van der Waals surface area contributed by atoms with Gasteiger partial charge in [0.25, 0.3) is 0 Å². The first-order chi connectivity index (χ1) is 4.94. The van der Waals surface area contributed by atoms with Crippen LogP contribution >= 0.6 is 23.2 Å². The highest BCUT2D eigenvalue weighted by atomic mass is 35.5. The van der Waals surface area contributed by atoms with Gasteiger partial charge in [0.2, 0.25) is 4.33 Å². The van der Waals surface area contributed by atoms with E-state index in [9.17, 15) is 4.79 Å². The molecule has 0 heterocycles. The number of halogens is 2. The first kappa shape index (κ1) is 9.30. The van der Waals surface area contributed by atoms with Crippen LogP contribution in [0.3, 0.4) is 0 Å². The number of ketones is 1. The average molecular weight is 197 g/mol. The molecule has 11 heavy (non-hydrogen) atoms. The van der Waals surface area contributed by atoms with Crippen LogP contribution in [0.4, 0.5) is 0 Å². The van der Waals surface area contributed by atoms with Crippen LogP contribution in [0.2, 0.25) is 0 Å². The SMILES string of the molecule is CC(C)OC1CC(=O)C1(Cl)Cl. The third kappa shape index (κ3) is 1.68. The monoisotopic (exact) mass is 196 g/mol. The number of hydrogen-bond donors (Lipinski definition) is 0. The van der Waals surface area contributed by atoms with E-state index in [0.29, 0.717) is 6.42 Å². The summed E-state index contributed by atoms with van der Waals surface area (Å²) in [6.45, 7) is 3.76. The molecule has 1 rings (SSSR count). The number of alkyl halides is 2. The molecule has 0 N–H and O–H groups in total. The summed E-state index contributed by atoms with van der Waals surface area (Å²) in [5, 5.41) is 0. The molecule has 1 aliphatic rings. The minimum Gasteiger partial charge on any atom is -0.371 e. The number of rotatable bonds is 2. The molecule has 0 spiro atoms. The van der Waals surface area contributed by atoms with Gasteiger partial charge in [-0.15, -0.1) is 0 Å². The number of ether oxygens (including phenoxy) is 1. The lowest BCUT2D eigenvalue weighted by molar-refractivity contribution is -0.138. The fraction of sp³-hybridized carbons (Fsp3) is 0.857. The molecule has 0 bridgehead atoms. The van der Waals surface area contributed by atoms with E-state index in [2.05, 4.69) is 0 Å². The molecule has 0 radical (unpaired) electrons. The fourth-order valence-corrected chi connectivity index (χ4v) is 1.35. The van der Waals surface area contributed by atoms with Crippen LogP contribution in [0.5, 0.6) is 0 Å². The Bertz CT molecular complexity index is 177. The number of carbonyl (C=O) groups is 1. The van der Waals surface area contributed by atoms with E-state index >= 15 is 0 Å². The second-order valence-electron chi connectivity index (χ2n) is 2.92. The van der Waals surface area contributed by atoms with Crippen molar-refractivity contribution in [1.82, 2.24) is 0 Å². The molecule has 1 fully saturated rings. The van der Waals surface area contributed by atoms with Crippen molar-refractivity contribution in [2.75, 3.05) is 0 Å². The number of hydrogen-bond acceptors (Lipinski definition) is 2. The van der Waals surface area contributed by atoms with Crippen LogP contribution in [-0.2, 0) is 9.53 Å². The highest BCUT2D eigenvalue weighted by Gasteiger charge is 2.53. The van der Waals surface area contributed by atoms with Crippen molar-refractivity contribution in [3.05, 3.63) is 0 Å². The normalized spacial score (nSPS) is 28.8. The minimum absolute atomic E-state index is 0.0602. The lowest BCUT2D eigenvalue weighted by Gasteiger charge is -2.38. The van der Waals surface area contributed by atoms with Gasteiger partial charge >= 0.3 is 0 Å². The Balaban J connectivity index is 2.46. The van der Waals surface area contributed by atoms with Crippen molar-refractivity contribution >= 4 is 29.0 Å². The molecule has 1 atom stereocenters. The molecule has 0 saturated heterocycles. The van der Waals surface area contributed by atoms with Gasteiger partial charge in [-0.3, -0.25) is 4.79 Å². The van der Waals surface area contributed by atoms with Crippen molar-refractivity contribution in [3.8, 4) is 0 Å². The minimum atomic E-state index is -1.29. The Morgan fingerprint density at radius 1 is 1.64 bits per heavy atom. The van der Waals surface area contributed by atoms with E-state index in [-0.39, 0.29) is 18.0 Å². The van der Waals surface area contributed by atoms with Crippen LogP contribution in [0, 0.1) is 0 Å². The van der Waals surface area contributed by atoms with Gasteiger partial charge in [0.15, 0.2) is 5.78 Å². The zero-order valence-corrected chi connectivity index (χ0v) is 7.95. The molecule has 0 amide bonds. The Hall–Kier alpha value is 0.210. The lowest BCUT2D eigenvalue weighted by atomic mass is 9.92. The highest BCUT2D eigenvalue weighted by molar-refractivity contribution is 6.61. The van der Waals surface area contributed by atoms with E-state index in [0.717, 1.165) is 0 Å². The van der Waals surface area contributed by atoms with Crippen LogP contribution in [-0.4, -0.2) is 22.3 Å². The molecule has 0 aliphatic heterocycles. The van der Waals surface area contributed by atoms with Gasteiger partial charge in [-0.1, -0.05) is 23.2 Å². The second kappa shape index (κ2) is 2.92. The van der Waals surface area contributed by atoms with E-state index < -0.39 is 4.33 Å². The highest BCUT2D eigenvalue weighted by Crippen LogP contribution is 2.41. The summed E-state index contributed by atoms with van der Waals surface area (Å²) < 4.78 is 4.00. The van der Waals surface area contributed by atoms with Crippen molar-refractivity contribution in [1.29, 1.82) is 0 Å². The van der Waals surface area contributed by atoms with E-state index in [1.54, 1.807) is 0 Å². The van der Waals surface area contributed by atoms with Crippen LogP contribution < -0.4 is 0 Å². The molecule has 0 aromatic heterocycles. The van der Waals surface area contributed by atoms with Crippen LogP contribution in [0.1, 0.15) is 20.3 Å². The molecule has 4 heteroatoms. The summed E-state index contributed by atoms with van der Waals surface area (Å²) in [5.41, 5.74) is 0. The maximum atomic E-state index is 10.8. The van der Waals surface area contributed by atoms with E-state index in [1.807, 2.05) is 13.8 Å². The van der Waals surface area contributed by atoms with Gasteiger partial charge in [0.1, 0.15) is 6.10 Å². The fourth-order valence-electron chi connectivity index (χ4n) is 0.943. The standard InChI is InChI=1S/C7H10Cl2O2/c1-4(2)11-6-3-5(10)7(6,8)9/h4,6H,3H2,1-2H3. The van der Waals surface area contributed by atoms with Gasteiger partial charge in [0, 0.05) is 6.42 Å². The van der Waals surface area contributed by atoms with Crippen molar-refractivity contribution in [2.45, 2.75) is 36.8 Å². The molecule has 1 aliphatic carbocycles. The van der Waals surface area contributed by atoms with Crippen LogP contribution in [0.25, 0.3) is 0 Å². The number of Topliss-reactive ketones (excluding diaryl/α,β-unsaturated/α-hetero) is 1. The summed E-state index contributed by atoms with van der Waals surface area (Å²) >= 11 is 11.3. The molecule has 2 nitrogen and oxygen atoms in total. The summed E-state index contributed by atoms with van der Waals surface area (Å²) in [5.74, 6) is -0.147. The molecular weight excluding hydrogens is 187 g/mol. The first-order valence-corrected chi connectivity index (χ1v) is 4.26. The zero-order chi connectivity index (χ0) is 8.65. The first-order valence-electron chi connectivity index (χ1n) is 3.51. The third-order valence-electron chi connectivity index (χ3n) is 1.58. The quantitative estimate of drug-likeness (QED) is 0.632. The van der Waals surface area contributed by atoms with Gasteiger partial charge in [-0.25, -0.2) is 0 Å². The van der Waals surface area contributed by atoms with Gasteiger partial charge in [0.05, 0.1) is 6.10 Å². The summed E-state index contributed by atoms with van der Waals surface area (Å²) in [6, 6.07) is 0. The average Bonchev–Trinajstić information content (AvgIpc) is 1.87. The summed E-state index contributed by atoms with van der Waals surface area (Å²) in [7, 11) is 0. The topological polar surface area (TPSA) is 26.3 Å². The Morgan fingerprint density at radius 3 is 2.45 bits per heavy atom. The summed E-state index contributed by atoms with van der Waals surface area (Å²) in [4.78, 5) is 10.8. The molecule has 64 valence electrons. The van der Waals surface area contributed by atoms with Crippen LogP contribution in [0.15, 0.2) is 0 Å². The zero-order valence-electron chi connectivity index (χ0n) is 6.43. The maximum Gasteiger partial charge on any atom is 0.202 e. The predicted octanol–water partition coefficient (Wildman–Crippen LogP) is 1.93. The van der Waals surface area contributed by atoms with E-state index in [4.69, 9.17) is 27.9 Å². The van der Waals surface area contributed by atoms with Gasteiger partial charge in [-0.05, 0) is 13.8 Å². The lowest BCUT2D eigenvalue weighted by Crippen LogP contribution is -2.54. The molecule has 0 aromatic carbocycles. The van der Waals surface area contributed by atoms with Crippen molar-refractivity contribution in [3.63, 3.8) is 0 Å². The third-order valence-corrected chi connectivity index (χ3v) is 2.49. The van der Waals surface area contributed by atoms with Crippen molar-refractivity contribution in [2.24, 2.45) is 0 Å². The van der Waals surface area contributed by atoms with E-state index in [1.165, 1.54) is 0 Å². The maximum absolute atomic E-state index is 10.8. The smallest absolute Gasteiger partial charge is 0.202 e. The molecular formula is C7H10Cl2O2. The predicted molar refractivity (Wildman–Crippen MR) is 44.1 cm³/mol. The Labute approximate surface area is 75.8 Å². The van der Waals surface area contributed by atoms with Crippen molar-refractivity contribution < 1.29 is 9.53 Å².